The minimum Gasteiger partial charge on any atom is -0.380 e. The first kappa shape index (κ1) is 16.1. The smallest absolute Gasteiger partial charge is 0.224 e. The average Bonchev–Trinajstić information content (AvgIpc) is 2.85. The van der Waals surface area contributed by atoms with Gasteiger partial charge in [-0.25, -0.2) is 4.98 Å². The highest BCUT2D eigenvalue weighted by atomic mass is 35.5. The molecule has 2 rings (SSSR count). The van der Waals surface area contributed by atoms with Gasteiger partial charge in [-0.2, -0.15) is 0 Å². The second-order valence-electron chi connectivity index (χ2n) is 4.43. The molecule has 0 spiro atoms. The number of rotatable bonds is 6. The summed E-state index contributed by atoms with van der Waals surface area (Å²) in [6, 6.07) is 5.44. The number of amides is 1. The van der Waals surface area contributed by atoms with Crippen molar-refractivity contribution in [2.24, 2.45) is 0 Å². The van der Waals surface area contributed by atoms with Crippen LogP contribution in [0.25, 0.3) is 0 Å². The maximum Gasteiger partial charge on any atom is 0.224 e. The second kappa shape index (κ2) is 7.64. The van der Waals surface area contributed by atoms with Crippen molar-refractivity contribution in [3.8, 4) is 0 Å². The van der Waals surface area contributed by atoms with Crippen LogP contribution in [-0.2, 0) is 11.3 Å². The van der Waals surface area contributed by atoms with Gasteiger partial charge in [-0.15, -0.1) is 11.3 Å². The third-order valence-electron chi connectivity index (χ3n) is 2.71. The molecule has 0 atom stereocenters. The number of thiazole rings is 1. The van der Waals surface area contributed by atoms with Crippen molar-refractivity contribution in [2.45, 2.75) is 26.3 Å². The van der Waals surface area contributed by atoms with Crippen LogP contribution in [0.1, 0.15) is 24.6 Å². The van der Waals surface area contributed by atoms with Gasteiger partial charge in [-0.3, -0.25) is 4.79 Å². The molecule has 0 fully saturated rings. The van der Waals surface area contributed by atoms with Crippen molar-refractivity contribution < 1.29 is 4.79 Å². The number of nitrogens with zero attached hydrogens (tertiary/aromatic N) is 1. The van der Waals surface area contributed by atoms with Crippen LogP contribution < -0.4 is 10.6 Å². The summed E-state index contributed by atoms with van der Waals surface area (Å²) < 4.78 is 0.527. The van der Waals surface area contributed by atoms with Crippen LogP contribution in [0.2, 0.25) is 9.49 Å². The standard InChI is InChI=1S/C14H15Cl2N3OS/c1-2-3-13(20)19-12-5-4-9(6-11(12)15)17-7-10-8-18-14(16)21-10/h4-6,8,17H,2-3,7H2,1H3,(H,19,20). The summed E-state index contributed by atoms with van der Waals surface area (Å²) in [4.78, 5) is 16.6. The Kier molecular flexibility index (Phi) is 5.85. The van der Waals surface area contributed by atoms with E-state index < -0.39 is 0 Å². The van der Waals surface area contributed by atoms with E-state index in [1.165, 1.54) is 11.3 Å². The molecule has 4 nitrogen and oxygen atoms in total. The first-order valence-corrected chi connectivity index (χ1v) is 8.09. The Hall–Kier alpha value is -1.30. The second-order valence-corrected chi connectivity index (χ2v) is 6.53. The fourth-order valence-electron chi connectivity index (χ4n) is 1.72. The molecule has 112 valence electrons. The molecular formula is C14H15Cl2N3OS. The van der Waals surface area contributed by atoms with Crippen molar-refractivity contribution in [2.75, 3.05) is 10.6 Å². The van der Waals surface area contributed by atoms with Gasteiger partial charge in [0, 0.05) is 23.2 Å². The molecule has 7 heteroatoms. The van der Waals surface area contributed by atoms with E-state index in [0.717, 1.165) is 17.0 Å². The zero-order valence-electron chi connectivity index (χ0n) is 11.5. The van der Waals surface area contributed by atoms with Gasteiger partial charge in [-0.1, -0.05) is 30.1 Å². The normalized spacial score (nSPS) is 10.4. The van der Waals surface area contributed by atoms with Crippen molar-refractivity contribution in [1.82, 2.24) is 4.98 Å². The van der Waals surface area contributed by atoms with Crippen molar-refractivity contribution >= 4 is 51.8 Å². The summed E-state index contributed by atoms with van der Waals surface area (Å²) >= 11 is 13.4. The van der Waals surface area contributed by atoms with Crippen molar-refractivity contribution in [3.05, 3.63) is 38.8 Å². The zero-order chi connectivity index (χ0) is 15.2. The quantitative estimate of drug-likeness (QED) is 0.791. The molecule has 0 saturated heterocycles. The predicted octanol–water partition coefficient (Wildman–Crippen LogP) is 4.80. The average molecular weight is 344 g/mol. The molecule has 1 amide bonds. The van der Waals surface area contributed by atoms with Gasteiger partial charge in [0.25, 0.3) is 0 Å². The van der Waals surface area contributed by atoms with Gasteiger partial charge >= 0.3 is 0 Å². The van der Waals surface area contributed by atoms with E-state index in [0.29, 0.717) is 28.1 Å². The lowest BCUT2D eigenvalue weighted by atomic mass is 10.2. The highest BCUT2D eigenvalue weighted by molar-refractivity contribution is 7.15. The number of halogens is 2. The molecule has 0 saturated carbocycles. The maximum absolute atomic E-state index is 11.6. The van der Waals surface area contributed by atoms with Crippen LogP contribution >= 0.6 is 34.5 Å². The van der Waals surface area contributed by atoms with Gasteiger partial charge in [0.2, 0.25) is 5.91 Å². The summed E-state index contributed by atoms with van der Waals surface area (Å²) in [7, 11) is 0. The van der Waals surface area contributed by atoms with E-state index in [1.807, 2.05) is 13.0 Å². The molecule has 0 aliphatic carbocycles. The first-order chi connectivity index (χ1) is 10.1. The van der Waals surface area contributed by atoms with Gasteiger partial charge in [0.1, 0.15) is 0 Å². The number of anilines is 2. The van der Waals surface area contributed by atoms with Gasteiger partial charge in [0.15, 0.2) is 4.47 Å². The highest BCUT2D eigenvalue weighted by Gasteiger charge is 2.06. The molecule has 2 N–H and O–H groups in total. The van der Waals surface area contributed by atoms with Crippen LogP contribution in [0, 0.1) is 0 Å². The number of nitrogens with one attached hydrogen (secondary N) is 2. The van der Waals surface area contributed by atoms with E-state index in [9.17, 15) is 4.79 Å². The minimum absolute atomic E-state index is 0.0283. The molecule has 0 aliphatic rings. The van der Waals surface area contributed by atoms with Crippen LogP contribution in [0.5, 0.6) is 0 Å². The molecule has 0 aliphatic heterocycles. The maximum atomic E-state index is 11.6. The number of hydrogen-bond donors (Lipinski definition) is 2. The zero-order valence-corrected chi connectivity index (χ0v) is 13.8. The van der Waals surface area contributed by atoms with E-state index in [1.54, 1.807) is 18.3 Å². The molecule has 1 aromatic carbocycles. The Morgan fingerprint density at radius 2 is 2.19 bits per heavy atom. The molecule has 0 unspecified atom stereocenters. The van der Waals surface area contributed by atoms with E-state index >= 15 is 0 Å². The Morgan fingerprint density at radius 1 is 1.38 bits per heavy atom. The first-order valence-electron chi connectivity index (χ1n) is 6.52. The fourth-order valence-corrected chi connectivity index (χ4v) is 2.87. The predicted molar refractivity (Wildman–Crippen MR) is 89.4 cm³/mol. The topological polar surface area (TPSA) is 54.0 Å². The Balaban J connectivity index is 1.96. The third kappa shape index (κ3) is 4.88. The Labute approximate surface area is 137 Å². The molecule has 0 radical (unpaired) electrons. The SMILES string of the molecule is CCCC(=O)Nc1ccc(NCc2cnc(Cl)s2)cc1Cl. The third-order valence-corrected chi connectivity index (χ3v) is 4.14. The largest absolute Gasteiger partial charge is 0.380 e. The molecule has 1 heterocycles. The van der Waals surface area contributed by atoms with E-state index in [2.05, 4.69) is 15.6 Å². The number of benzene rings is 1. The molecule has 21 heavy (non-hydrogen) atoms. The fraction of sp³-hybridized carbons (Fsp3) is 0.286. The van der Waals surface area contributed by atoms with Crippen molar-refractivity contribution in [3.63, 3.8) is 0 Å². The van der Waals surface area contributed by atoms with Crippen LogP contribution in [-0.4, -0.2) is 10.9 Å². The van der Waals surface area contributed by atoms with Gasteiger partial charge < -0.3 is 10.6 Å². The monoisotopic (exact) mass is 343 g/mol. The number of carbonyl (C=O) groups is 1. The van der Waals surface area contributed by atoms with Gasteiger partial charge in [0.05, 0.1) is 17.3 Å². The minimum atomic E-state index is -0.0283. The van der Waals surface area contributed by atoms with Crippen LogP contribution in [0.3, 0.4) is 0 Å². The summed E-state index contributed by atoms with van der Waals surface area (Å²) in [6.45, 7) is 2.59. The van der Waals surface area contributed by atoms with Gasteiger partial charge in [-0.05, 0) is 24.6 Å². The highest BCUT2D eigenvalue weighted by Crippen LogP contribution is 2.26. The number of carbonyl (C=O) groups excluding carboxylic acids is 1. The Morgan fingerprint density at radius 3 is 2.81 bits per heavy atom. The summed E-state index contributed by atoms with van der Waals surface area (Å²) in [5, 5.41) is 6.53. The number of hydrogen-bond acceptors (Lipinski definition) is 4. The van der Waals surface area contributed by atoms with Crippen LogP contribution in [0.4, 0.5) is 11.4 Å². The Bertz CT molecular complexity index is 630. The molecule has 2 aromatic rings. The lowest BCUT2D eigenvalue weighted by Gasteiger charge is -2.10. The molecule has 0 bridgehead atoms. The lowest BCUT2D eigenvalue weighted by molar-refractivity contribution is -0.116. The lowest BCUT2D eigenvalue weighted by Crippen LogP contribution is -2.11. The van der Waals surface area contributed by atoms with E-state index in [4.69, 9.17) is 23.2 Å². The van der Waals surface area contributed by atoms with Crippen molar-refractivity contribution in [1.29, 1.82) is 0 Å². The number of aromatic nitrogens is 1. The summed E-state index contributed by atoms with van der Waals surface area (Å²) in [5.74, 6) is -0.0283. The molecular weight excluding hydrogens is 329 g/mol. The van der Waals surface area contributed by atoms with E-state index in [-0.39, 0.29) is 5.91 Å². The van der Waals surface area contributed by atoms with Crippen LogP contribution in [0.15, 0.2) is 24.4 Å². The molecule has 1 aromatic heterocycles. The summed E-state index contributed by atoms with van der Waals surface area (Å²) in [5.41, 5.74) is 1.50. The summed E-state index contributed by atoms with van der Waals surface area (Å²) in [6.07, 6.45) is 3.03.